The van der Waals surface area contributed by atoms with Crippen molar-refractivity contribution in [3.05, 3.63) is 18.7 Å². The van der Waals surface area contributed by atoms with Gasteiger partial charge in [-0.05, 0) is 0 Å². The first-order valence-electron chi connectivity index (χ1n) is 6.65. The number of halogens is 1. The molecule has 3 aromatic heterocycles. The first-order valence-corrected chi connectivity index (χ1v) is 6.65. The Morgan fingerprint density at radius 1 is 1.23 bits per heavy atom. The number of hydrogen-bond acceptors (Lipinski definition) is 7. The molecule has 0 spiro atoms. The van der Waals surface area contributed by atoms with Crippen molar-refractivity contribution < 1.29 is 4.74 Å². The van der Waals surface area contributed by atoms with Gasteiger partial charge in [0.05, 0.1) is 25.1 Å². The van der Waals surface area contributed by atoms with Gasteiger partial charge < -0.3 is 15.4 Å². The number of imidazole rings is 1. The predicted molar refractivity (Wildman–Crippen MR) is 83.5 cm³/mol. The molecule has 0 bridgehead atoms. The lowest BCUT2D eigenvalue weighted by Crippen LogP contribution is -2.37. The van der Waals surface area contributed by atoms with E-state index in [1.165, 1.54) is 0 Å². The Morgan fingerprint density at radius 3 is 2.77 bits per heavy atom. The van der Waals surface area contributed by atoms with Crippen LogP contribution in [-0.4, -0.2) is 56.0 Å². The lowest BCUT2D eigenvalue weighted by Gasteiger charge is -2.26. The van der Waals surface area contributed by atoms with Crippen LogP contribution in [0.15, 0.2) is 18.7 Å². The summed E-state index contributed by atoms with van der Waals surface area (Å²) in [6, 6.07) is 0. The molecule has 0 unspecified atom stereocenters. The van der Waals surface area contributed by atoms with Crippen LogP contribution >= 0.6 is 12.4 Å². The molecule has 0 aromatic carbocycles. The normalized spacial score (nSPS) is 15.0. The van der Waals surface area contributed by atoms with Crippen LogP contribution in [0.5, 0.6) is 0 Å². The Balaban J connectivity index is 0.00000144. The molecule has 0 radical (unpaired) electrons. The Hall–Kier alpha value is -2.39. The van der Waals surface area contributed by atoms with Gasteiger partial charge in [-0.25, -0.2) is 4.98 Å². The van der Waals surface area contributed by atoms with E-state index in [0.717, 1.165) is 18.8 Å². The molecular weight excluding hydrogens is 308 g/mol. The van der Waals surface area contributed by atoms with Gasteiger partial charge in [-0.15, -0.1) is 12.4 Å². The fraction of sp³-hybridized carbons (Fsp3) is 0.333. The molecule has 4 rings (SSSR count). The zero-order valence-corrected chi connectivity index (χ0v) is 12.5. The largest absolute Gasteiger partial charge is 0.382 e. The molecule has 22 heavy (non-hydrogen) atoms. The van der Waals surface area contributed by atoms with E-state index in [4.69, 9.17) is 10.5 Å². The van der Waals surface area contributed by atoms with Crippen LogP contribution in [0.4, 0.5) is 11.8 Å². The molecule has 4 heterocycles. The van der Waals surface area contributed by atoms with E-state index in [2.05, 4.69) is 30.0 Å². The molecule has 9 nitrogen and oxygen atoms in total. The summed E-state index contributed by atoms with van der Waals surface area (Å²) in [6.07, 6.45) is 5.14. The van der Waals surface area contributed by atoms with Gasteiger partial charge in [-0.2, -0.15) is 15.1 Å². The SMILES string of the molecule is Cl.Nc1nc(N2CCOCC2)nc2c1ncn2-c1cn[nH]c1. The number of anilines is 2. The maximum absolute atomic E-state index is 6.02. The van der Waals surface area contributed by atoms with E-state index in [1.807, 2.05) is 4.57 Å². The van der Waals surface area contributed by atoms with Crippen LogP contribution in [0.25, 0.3) is 16.9 Å². The molecule has 1 aliphatic rings. The predicted octanol–water partition coefficient (Wildman–Crippen LogP) is 0.379. The maximum Gasteiger partial charge on any atom is 0.229 e. The van der Waals surface area contributed by atoms with Crippen molar-refractivity contribution in [2.45, 2.75) is 0 Å². The van der Waals surface area contributed by atoms with Gasteiger partial charge in [-0.1, -0.05) is 0 Å². The van der Waals surface area contributed by atoms with Crippen molar-refractivity contribution >= 4 is 35.3 Å². The van der Waals surface area contributed by atoms with Gasteiger partial charge in [0.1, 0.15) is 6.33 Å². The molecule has 0 amide bonds. The fourth-order valence-corrected chi connectivity index (χ4v) is 2.38. The van der Waals surface area contributed by atoms with E-state index in [0.29, 0.717) is 36.1 Å². The summed E-state index contributed by atoms with van der Waals surface area (Å²) in [7, 11) is 0. The van der Waals surface area contributed by atoms with Crippen LogP contribution < -0.4 is 10.6 Å². The average molecular weight is 323 g/mol. The summed E-state index contributed by atoms with van der Waals surface area (Å²) >= 11 is 0. The Labute approximate surface area is 131 Å². The van der Waals surface area contributed by atoms with Gasteiger partial charge in [-0.3, -0.25) is 9.67 Å². The van der Waals surface area contributed by atoms with Gasteiger partial charge in [0, 0.05) is 19.3 Å². The zero-order valence-electron chi connectivity index (χ0n) is 11.6. The minimum absolute atomic E-state index is 0. The molecule has 3 N–H and O–H groups in total. The molecule has 1 fully saturated rings. The molecule has 116 valence electrons. The number of aromatic amines is 1. The van der Waals surface area contributed by atoms with E-state index < -0.39 is 0 Å². The average Bonchev–Trinajstić information content (AvgIpc) is 3.16. The first kappa shape index (κ1) is 14.5. The summed E-state index contributed by atoms with van der Waals surface area (Å²) in [5.41, 5.74) is 8.14. The van der Waals surface area contributed by atoms with Crippen molar-refractivity contribution in [3.63, 3.8) is 0 Å². The molecule has 0 saturated carbocycles. The van der Waals surface area contributed by atoms with Gasteiger partial charge in [0.2, 0.25) is 5.95 Å². The molecule has 1 saturated heterocycles. The molecular formula is C12H15ClN8O. The van der Waals surface area contributed by atoms with Crippen LogP contribution in [0, 0.1) is 0 Å². The highest BCUT2D eigenvalue weighted by Crippen LogP contribution is 2.22. The summed E-state index contributed by atoms with van der Waals surface area (Å²) in [5, 5.41) is 6.72. The highest BCUT2D eigenvalue weighted by Gasteiger charge is 2.18. The number of H-pyrrole nitrogens is 1. The Morgan fingerprint density at radius 2 is 2.05 bits per heavy atom. The van der Waals surface area contributed by atoms with Gasteiger partial charge in [0.25, 0.3) is 0 Å². The highest BCUT2D eigenvalue weighted by molar-refractivity contribution is 5.85. The third kappa shape index (κ3) is 2.34. The van der Waals surface area contributed by atoms with E-state index in [-0.39, 0.29) is 12.4 Å². The third-order valence-electron chi connectivity index (χ3n) is 3.47. The van der Waals surface area contributed by atoms with Crippen molar-refractivity contribution in [1.29, 1.82) is 0 Å². The number of rotatable bonds is 2. The second-order valence-electron chi connectivity index (χ2n) is 4.75. The number of morpholine rings is 1. The number of nitrogens with zero attached hydrogens (tertiary/aromatic N) is 6. The monoisotopic (exact) mass is 322 g/mol. The van der Waals surface area contributed by atoms with Gasteiger partial charge >= 0.3 is 0 Å². The van der Waals surface area contributed by atoms with Crippen molar-refractivity contribution in [3.8, 4) is 5.69 Å². The fourth-order valence-electron chi connectivity index (χ4n) is 2.38. The summed E-state index contributed by atoms with van der Waals surface area (Å²) < 4.78 is 7.18. The maximum atomic E-state index is 6.02. The van der Waals surface area contributed by atoms with Crippen LogP contribution in [0.1, 0.15) is 0 Å². The number of hydrogen-bond donors (Lipinski definition) is 2. The molecule has 10 heteroatoms. The number of nitrogens with one attached hydrogen (secondary N) is 1. The number of fused-ring (bicyclic) bond motifs is 1. The number of nitrogen functional groups attached to an aromatic ring is 1. The highest BCUT2D eigenvalue weighted by atomic mass is 35.5. The smallest absolute Gasteiger partial charge is 0.229 e. The number of aromatic nitrogens is 6. The molecule has 0 aliphatic carbocycles. The van der Waals surface area contributed by atoms with Crippen LogP contribution in [-0.2, 0) is 4.74 Å². The van der Waals surface area contributed by atoms with E-state index >= 15 is 0 Å². The molecule has 3 aromatic rings. The first-order chi connectivity index (χ1) is 10.3. The minimum Gasteiger partial charge on any atom is -0.382 e. The quantitative estimate of drug-likeness (QED) is 0.701. The second-order valence-corrected chi connectivity index (χ2v) is 4.75. The third-order valence-corrected chi connectivity index (χ3v) is 3.47. The van der Waals surface area contributed by atoms with Crippen molar-refractivity contribution in [2.24, 2.45) is 0 Å². The minimum atomic E-state index is 0. The number of nitrogens with two attached hydrogens (primary N) is 1. The lowest BCUT2D eigenvalue weighted by atomic mass is 10.4. The van der Waals surface area contributed by atoms with E-state index in [9.17, 15) is 0 Å². The Kier molecular flexibility index (Phi) is 3.82. The number of ether oxygens (including phenoxy) is 1. The second kappa shape index (κ2) is 5.78. The summed E-state index contributed by atoms with van der Waals surface area (Å²) in [5.74, 6) is 0.984. The molecule has 0 atom stereocenters. The summed E-state index contributed by atoms with van der Waals surface area (Å²) in [6.45, 7) is 2.85. The van der Waals surface area contributed by atoms with E-state index in [1.54, 1.807) is 18.7 Å². The van der Waals surface area contributed by atoms with Crippen molar-refractivity contribution in [1.82, 2.24) is 29.7 Å². The topological polar surface area (TPSA) is 111 Å². The summed E-state index contributed by atoms with van der Waals surface area (Å²) in [4.78, 5) is 15.3. The zero-order chi connectivity index (χ0) is 14.2. The van der Waals surface area contributed by atoms with Gasteiger partial charge in [0.15, 0.2) is 17.0 Å². The van der Waals surface area contributed by atoms with Crippen LogP contribution in [0.3, 0.4) is 0 Å². The van der Waals surface area contributed by atoms with Crippen molar-refractivity contribution in [2.75, 3.05) is 36.9 Å². The molecule has 1 aliphatic heterocycles. The standard InChI is InChI=1S/C12H14N8O.ClH/c13-10-9-11(20(7-14-9)8-5-15-16-6-8)18-12(17-10)19-1-3-21-4-2-19;/h5-7H,1-4H2,(H,15,16)(H2,13,17,18);1H. The van der Waals surface area contributed by atoms with Crippen LogP contribution in [0.2, 0.25) is 0 Å². The lowest BCUT2D eigenvalue weighted by molar-refractivity contribution is 0.122. The Bertz CT molecular complexity index is 765.